The van der Waals surface area contributed by atoms with Crippen molar-refractivity contribution in [2.45, 2.75) is 18.9 Å². The van der Waals surface area contributed by atoms with E-state index in [1.807, 2.05) is 0 Å². The number of ether oxygens (including phenoxy) is 1. The first-order valence-corrected chi connectivity index (χ1v) is 5.78. The Bertz CT molecular complexity index is 561. The number of hydrogen-bond donors (Lipinski definition) is 2. The summed E-state index contributed by atoms with van der Waals surface area (Å²) in [5.74, 6) is 0.828. The fourth-order valence-electron chi connectivity index (χ4n) is 1.99. The topological polar surface area (TPSA) is 94.4 Å². The highest BCUT2D eigenvalue weighted by Gasteiger charge is 2.24. The van der Waals surface area contributed by atoms with Gasteiger partial charge in [-0.2, -0.15) is 4.98 Å². The second kappa shape index (κ2) is 4.30. The fourth-order valence-corrected chi connectivity index (χ4v) is 1.99. The van der Waals surface area contributed by atoms with Gasteiger partial charge in [0.15, 0.2) is 0 Å². The van der Waals surface area contributed by atoms with Crippen LogP contribution < -0.4 is 5.73 Å². The van der Waals surface area contributed by atoms with Crippen LogP contribution in [0.5, 0.6) is 5.75 Å². The number of hydrogen-bond acceptors (Lipinski definition) is 6. The van der Waals surface area contributed by atoms with E-state index in [0.29, 0.717) is 17.1 Å². The molecule has 1 aliphatic rings. The van der Waals surface area contributed by atoms with Crippen molar-refractivity contribution >= 4 is 5.69 Å². The molecule has 18 heavy (non-hydrogen) atoms. The molecule has 6 nitrogen and oxygen atoms in total. The van der Waals surface area contributed by atoms with Crippen LogP contribution in [0.15, 0.2) is 22.7 Å². The Hall–Kier alpha value is -2.08. The molecule has 0 aliphatic carbocycles. The molecule has 1 saturated heterocycles. The molecule has 1 aliphatic heterocycles. The van der Waals surface area contributed by atoms with Gasteiger partial charge in [0.1, 0.15) is 11.9 Å². The number of nitrogens with two attached hydrogens (primary N) is 1. The molecule has 3 N–H and O–H groups in total. The quantitative estimate of drug-likeness (QED) is 0.787. The molecular formula is C12H13N3O3. The standard InChI is InChI=1S/C12H13N3O3/c13-7-3-4-8(9(16)6-7)12-14-11(15-18-12)10-2-1-5-17-10/h3-4,6,10,16H,1-2,5,13H2. The van der Waals surface area contributed by atoms with Crippen molar-refractivity contribution in [1.82, 2.24) is 10.1 Å². The summed E-state index contributed by atoms with van der Waals surface area (Å²) in [5, 5.41) is 13.7. The maximum atomic E-state index is 9.78. The molecule has 2 heterocycles. The highest BCUT2D eigenvalue weighted by Crippen LogP contribution is 2.32. The summed E-state index contributed by atoms with van der Waals surface area (Å²) in [6.45, 7) is 0.724. The first-order valence-electron chi connectivity index (χ1n) is 5.78. The van der Waals surface area contributed by atoms with Gasteiger partial charge < -0.3 is 20.1 Å². The van der Waals surface area contributed by atoms with Crippen LogP contribution in [0.3, 0.4) is 0 Å². The van der Waals surface area contributed by atoms with E-state index in [-0.39, 0.29) is 17.7 Å². The Balaban J connectivity index is 1.92. The highest BCUT2D eigenvalue weighted by atomic mass is 16.5. The lowest BCUT2D eigenvalue weighted by Gasteiger charge is -2.01. The van der Waals surface area contributed by atoms with E-state index in [4.69, 9.17) is 15.0 Å². The Morgan fingerprint density at radius 3 is 3.00 bits per heavy atom. The van der Waals surface area contributed by atoms with E-state index in [0.717, 1.165) is 19.4 Å². The summed E-state index contributed by atoms with van der Waals surface area (Å²) in [6, 6.07) is 4.77. The Morgan fingerprint density at radius 1 is 1.39 bits per heavy atom. The zero-order valence-corrected chi connectivity index (χ0v) is 9.67. The molecule has 3 rings (SSSR count). The third kappa shape index (κ3) is 1.91. The van der Waals surface area contributed by atoms with Gasteiger partial charge >= 0.3 is 0 Å². The zero-order chi connectivity index (χ0) is 12.5. The molecule has 1 atom stereocenters. The number of rotatable bonds is 2. The number of aromatic hydroxyl groups is 1. The van der Waals surface area contributed by atoms with E-state index in [1.54, 1.807) is 12.1 Å². The average Bonchev–Trinajstić information content (AvgIpc) is 2.99. The van der Waals surface area contributed by atoms with Crippen LogP contribution in [0.25, 0.3) is 11.5 Å². The molecule has 0 amide bonds. The summed E-state index contributed by atoms with van der Waals surface area (Å²) in [7, 11) is 0. The largest absolute Gasteiger partial charge is 0.507 e. The Kier molecular flexibility index (Phi) is 2.64. The van der Waals surface area contributed by atoms with Gasteiger partial charge in [-0.25, -0.2) is 0 Å². The van der Waals surface area contributed by atoms with Crippen molar-refractivity contribution in [2.75, 3.05) is 12.3 Å². The summed E-state index contributed by atoms with van der Waals surface area (Å²) < 4.78 is 10.6. The smallest absolute Gasteiger partial charge is 0.261 e. The Morgan fingerprint density at radius 2 is 2.28 bits per heavy atom. The lowest BCUT2D eigenvalue weighted by molar-refractivity contribution is 0.103. The van der Waals surface area contributed by atoms with Crippen molar-refractivity contribution in [3.63, 3.8) is 0 Å². The third-order valence-electron chi connectivity index (χ3n) is 2.91. The van der Waals surface area contributed by atoms with Crippen LogP contribution in [-0.2, 0) is 4.74 Å². The first kappa shape index (κ1) is 11.0. The van der Waals surface area contributed by atoms with Crippen molar-refractivity contribution in [3.8, 4) is 17.2 Å². The molecule has 2 aromatic rings. The van der Waals surface area contributed by atoms with E-state index in [1.165, 1.54) is 6.07 Å². The predicted molar refractivity (Wildman–Crippen MR) is 63.7 cm³/mol. The number of nitrogen functional groups attached to an aromatic ring is 1. The maximum absolute atomic E-state index is 9.78. The molecule has 1 unspecified atom stereocenters. The van der Waals surface area contributed by atoms with Crippen molar-refractivity contribution in [3.05, 3.63) is 24.0 Å². The second-order valence-electron chi connectivity index (χ2n) is 4.24. The molecule has 0 saturated carbocycles. The highest BCUT2D eigenvalue weighted by molar-refractivity contribution is 5.66. The van der Waals surface area contributed by atoms with Gasteiger partial charge in [-0.05, 0) is 25.0 Å². The van der Waals surface area contributed by atoms with E-state index in [2.05, 4.69) is 10.1 Å². The SMILES string of the molecule is Nc1ccc(-c2nc(C3CCCO3)no2)c(O)c1. The molecule has 0 bridgehead atoms. The molecule has 0 radical (unpaired) electrons. The summed E-state index contributed by atoms with van der Waals surface area (Å²) in [4.78, 5) is 4.25. The number of nitrogens with zero attached hydrogens (tertiary/aromatic N) is 2. The zero-order valence-electron chi connectivity index (χ0n) is 9.67. The van der Waals surface area contributed by atoms with Gasteiger partial charge in [0.05, 0.1) is 5.56 Å². The first-order chi connectivity index (χ1) is 8.74. The van der Waals surface area contributed by atoms with Crippen LogP contribution in [-0.4, -0.2) is 21.9 Å². The summed E-state index contributed by atoms with van der Waals surface area (Å²) in [5.41, 5.74) is 6.52. The molecule has 1 aromatic carbocycles. The van der Waals surface area contributed by atoms with Crippen LogP contribution in [0.4, 0.5) is 5.69 Å². The van der Waals surface area contributed by atoms with Gasteiger partial charge in [0, 0.05) is 18.4 Å². The number of phenolic OH excluding ortho intramolecular Hbond substituents is 1. The van der Waals surface area contributed by atoms with Crippen LogP contribution >= 0.6 is 0 Å². The molecule has 6 heteroatoms. The third-order valence-corrected chi connectivity index (χ3v) is 2.91. The van der Waals surface area contributed by atoms with Crippen molar-refractivity contribution < 1.29 is 14.4 Å². The van der Waals surface area contributed by atoms with Gasteiger partial charge in [0.25, 0.3) is 5.89 Å². The number of benzene rings is 1. The average molecular weight is 247 g/mol. The Labute approximate surface area is 103 Å². The summed E-state index contributed by atoms with van der Waals surface area (Å²) >= 11 is 0. The van der Waals surface area contributed by atoms with Gasteiger partial charge in [-0.1, -0.05) is 5.16 Å². The second-order valence-corrected chi connectivity index (χ2v) is 4.24. The maximum Gasteiger partial charge on any atom is 0.261 e. The minimum atomic E-state index is -0.0987. The summed E-state index contributed by atoms with van der Waals surface area (Å²) in [6.07, 6.45) is 1.80. The van der Waals surface area contributed by atoms with Crippen molar-refractivity contribution in [2.24, 2.45) is 0 Å². The number of phenols is 1. The molecule has 1 fully saturated rings. The molecule has 1 aromatic heterocycles. The normalized spacial score (nSPS) is 19.2. The van der Waals surface area contributed by atoms with Crippen LogP contribution in [0.2, 0.25) is 0 Å². The van der Waals surface area contributed by atoms with Crippen molar-refractivity contribution in [1.29, 1.82) is 0 Å². The predicted octanol–water partition coefficient (Wildman–Crippen LogP) is 1.88. The molecular weight excluding hydrogens is 234 g/mol. The lowest BCUT2D eigenvalue weighted by atomic mass is 10.2. The van der Waals surface area contributed by atoms with Gasteiger partial charge in [-0.15, -0.1) is 0 Å². The van der Waals surface area contributed by atoms with E-state index in [9.17, 15) is 5.11 Å². The minimum Gasteiger partial charge on any atom is -0.507 e. The van der Waals surface area contributed by atoms with E-state index < -0.39 is 0 Å². The lowest BCUT2D eigenvalue weighted by Crippen LogP contribution is -1.97. The fraction of sp³-hybridized carbons (Fsp3) is 0.333. The van der Waals surface area contributed by atoms with Crippen LogP contribution in [0, 0.1) is 0 Å². The number of aromatic nitrogens is 2. The number of anilines is 1. The van der Waals surface area contributed by atoms with Gasteiger partial charge in [-0.3, -0.25) is 0 Å². The minimum absolute atomic E-state index is 0.0255. The molecule has 0 spiro atoms. The molecule has 94 valence electrons. The van der Waals surface area contributed by atoms with Crippen LogP contribution in [0.1, 0.15) is 24.8 Å². The van der Waals surface area contributed by atoms with Gasteiger partial charge in [0.2, 0.25) is 5.82 Å². The monoisotopic (exact) mass is 247 g/mol. The van der Waals surface area contributed by atoms with E-state index >= 15 is 0 Å².